The van der Waals surface area contributed by atoms with E-state index >= 15 is 0 Å². The van der Waals surface area contributed by atoms with Crippen LogP contribution in [-0.2, 0) is 9.59 Å². The van der Waals surface area contributed by atoms with Gasteiger partial charge < -0.3 is 31.1 Å². The molecule has 0 aliphatic carbocycles. The number of nitrogens with one attached hydrogen (secondary N) is 2. The molecule has 1 atom stereocenters. The summed E-state index contributed by atoms with van der Waals surface area (Å²) in [6, 6.07) is 7.28. The Kier molecular flexibility index (Phi) is 14.0. The molecule has 0 aromatic heterocycles. The molecule has 1 aromatic rings. The second-order valence-electron chi connectivity index (χ2n) is 9.77. The van der Waals surface area contributed by atoms with Crippen molar-refractivity contribution in [3.05, 3.63) is 24.3 Å². The predicted octanol–water partition coefficient (Wildman–Crippen LogP) is 1.97. The molecule has 36 heavy (non-hydrogen) atoms. The van der Waals surface area contributed by atoms with Gasteiger partial charge in [-0.05, 0) is 57.2 Å². The number of benzene rings is 1. The molecule has 2 rings (SSSR count). The number of carbonyl (C=O) groups is 2. The third-order valence-electron chi connectivity index (χ3n) is 6.92. The lowest BCUT2D eigenvalue weighted by molar-refractivity contribution is -0.117. The minimum Gasteiger partial charge on any atom is -0.328 e. The SMILES string of the molecule is CCN1CCN(CC)CCN(CC(=O)Nc2ccc(NC(=O)CCC(C)N)cc2)CCN(CC)CC1. The van der Waals surface area contributed by atoms with Gasteiger partial charge in [-0.15, -0.1) is 0 Å². The van der Waals surface area contributed by atoms with Crippen molar-refractivity contribution in [2.45, 2.75) is 46.6 Å². The Bertz CT molecular complexity index is 752. The Balaban J connectivity index is 1.91. The Morgan fingerprint density at radius 3 is 1.44 bits per heavy atom. The zero-order valence-electron chi connectivity index (χ0n) is 23.0. The number of nitrogens with zero attached hydrogens (tertiary/aromatic N) is 4. The largest absolute Gasteiger partial charge is 0.328 e. The van der Waals surface area contributed by atoms with Gasteiger partial charge in [-0.1, -0.05) is 20.8 Å². The topological polar surface area (TPSA) is 97.2 Å². The Morgan fingerprint density at radius 2 is 1.08 bits per heavy atom. The molecule has 0 radical (unpaired) electrons. The number of amides is 2. The monoisotopic (exact) mass is 503 g/mol. The summed E-state index contributed by atoms with van der Waals surface area (Å²) in [7, 11) is 0. The van der Waals surface area contributed by atoms with E-state index in [-0.39, 0.29) is 17.9 Å². The normalized spacial score (nSPS) is 18.7. The third-order valence-corrected chi connectivity index (χ3v) is 6.92. The molecule has 0 saturated carbocycles. The van der Waals surface area contributed by atoms with E-state index in [0.717, 1.165) is 77.7 Å². The lowest BCUT2D eigenvalue weighted by atomic mass is 10.2. The van der Waals surface area contributed by atoms with Gasteiger partial charge in [-0.3, -0.25) is 14.5 Å². The quantitative estimate of drug-likeness (QED) is 0.449. The van der Waals surface area contributed by atoms with Crippen LogP contribution in [0.15, 0.2) is 24.3 Å². The standard InChI is InChI=1S/C27H49N7O2/c1-5-31-14-16-32(6-2)18-20-34(21-19-33(7-3)17-15-31)22-27(36)30-25-11-9-24(10-12-25)29-26(35)13-8-23(4)28/h9-12,23H,5-8,13-22,28H2,1-4H3,(H,29,35)(H,30,36). The van der Waals surface area contributed by atoms with Gasteiger partial charge in [0.1, 0.15) is 0 Å². The minimum atomic E-state index is -0.0518. The summed E-state index contributed by atoms with van der Waals surface area (Å²) in [6.45, 7) is 20.0. The molecule has 1 fully saturated rings. The first-order valence-corrected chi connectivity index (χ1v) is 13.7. The molecule has 9 heteroatoms. The first-order chi connectivity index (χ1) is 17.3. The molecule has 2 amide bonds. The Labute approximate surface area is 218 Å². The molecular formula is C27H49N7O2. The van der Waals surface area contributed by atoms with Crippen LogP contribution in [0.3, 0.4) is 0 Å². The second-order valence-corrected chi connectivity index (χ2v) is 9.77. The number of rotatable bonds is 10. The number of carbonyl (C=O) groups excluding carboxylic acids is 2. The maximum absolute atomic E-state index is 12.9. The lowest BCUT2D eigenvalue weighted by Gasteiger charge is -2.33. The number of hydrogen-bond donors (Lipinski definition) is 3. The van der Waals surface area contributed by atoms with Gasteiger partial charge >= 0.3 is 0 Å². The first kappa shape index (κ1) is 30.2. The molecular weight excluding hydrogens is 454 g/mol. The van der Waals surface area contributed by atoms with Gasteiger partial charge in [0, 0.05) is 76.2 Å². The van der Waals surface area contributed by atoms with Crippen LogP contribution in [0.4, 0.5) is 11.4 Å². The van der Waals surface area contributed by atoms with Crippen LogP contribution in [0.5, 0.6) is 0 Å². The minimum absolute atomic E-state index is 0.00574. The molecule has 1 aliphatic heterocycles. The van der Waals surface area contributed by atoms with Gasteiger partial charge in [-0.2, -0.15) is 0 Å². The van der Waals surface area contributed by atoms with Crippen LogP contribution in [0.1, 0.15) is 40.5 Å². The summed E-state index contributed by atoms with van der Waals surface area (Å²) in [6.07, 6.45) is 1.05. The Morgan fingerprint density at radius 1 is 0.722 bits per heavy atom. The zero-order chi connectivity index (χ0) is 26.3. The van der Waals surface area contributed by atoms with Gasteiger partial charge in [0.15, 0.2) is 0 Å². The average molecular weight is 504 g/mol. The highest BCUT2D eigenvalue weighted by molar-refractivity contribution is 5.93. The van der Waals surface area contributed by atoms with Gasteiger partial charge in [0.2, 0.25) is 11.8 Å². The molecule has 0 spiro atoms. The van der Waals surface area contributed by atoms with Gasteiger partial charge in [0.05, 0.1) is 6.54 Å². The summed E-state index contributed by atoms with van der Waals surface area (Å²) >= 11 is 0. The fourth-order valence-corrected chi connectivity index (χ4v) is 4.31. The predicted molar refractivity (Wildman–Crippen MR) is 149 cm³/mol. The van der Waals surface area contributed by atoms with Crippen LogP contribution < -0.4 is 16.4 Å². The van der Waals surface area contributed by atoms with Crippen molar-refractivity contribution < 1.29 is 9.59 Å². The van der Waals surface area contributed by atoms with Crippen LogP contribution in [0, 0.1) is 0 Å². The zero-order valence-corrected chi connectivity index (χ0v) is 23.0. The molecule has 1 aromatic carbocycles. The van der Waals surface area contributed by atoms with Crippen molar-refractivity contribution in [2.24, 2.45) is 5.73 Å². The van der Waals surface area contributed by atoms with E-state index in [1.54, 1.807) is 0 Å². The van der Waals surface area contributed by atoms with Crippen molar-refractivity contribution in [3.63, 3.8) is 0 Å². The maximum atomic E-state index is 12.9. The van der Waals surface area contributed by atoms with E-state index in [4.69, 9.17) is 5.73 Å². The summed E-state index contributed by atoms with van der Waals surface area (Å²) < 4.78 is 0. The highest BCUT2D eigenvalue weighted by Gasteiger charge is 2.17. The van der Waals surface area contributed by atoms with E-state index in [1.165, 1.54) is 0 Å². The number of likely N-dealkylation sites (N-methyl/N-ethyl adjacent to an activating group) is 3. The fraction of sp³-hybridized carbons (Fsp3) is 0.704. The number of anilines is 2. The molecule has 4 N–H and O–H groups in total. The molecule has 0 bridgehead atoms. The number of hydrogen-bond acceptors (Lipinski definition) is 7. The van der Waals surface area contributed by atoms with Crippen molar-refractivity contribution in [1.82, 2.24) is 19.6 Å². The average Bonchev–Trinajstić information content (AvgIpc) is 2.86. The maximum Gasteiger partial charge on any atom is 0.238 e. The van der Waals surface area contributed by atoms with Crippen molar-refractivity contribution >= 4 is 23.2 Å². The molecule has 1 aliphatic rings. The number of nitrogens with two attached hydrogens (primary N) is 1. The Hall–Kier alpha value is -2.04. The van der Waals surface area contributed by atoms with E-state index < -0.39 is 0 Å². The molecule has 204 valence electrons. The lowest BCUT2D eigenvalue weighted by Crippen LogP contribution is -2.47. The molecule has 1 saturated heterocycles. The highest BCUT2D eigenvalue weighted by Crippen LogP contribution is 2.14. The molecule has 9 nitrogen and oxygen atoms in total. The summed E-state index contributed by atoms with van der Waals surface area (Å²) in [4.78, 5) is 34.7. The van der Waals surface area contributed by atoms with E-state index in [2.05, 4.69) is 51.0 Å². The first-order valence-electron chi connectivity index (χ1n) is 13.7. The smallest absolute Gasteiger partial charge is 0.238 e. The summed E-state index contributed by atoms with van der Waals surface area (Å²) in [5.41, 5.74) is 7.16. The van der Waals surface area contributed by atoms with Crippen molar-refractivity contribution in [2.75, 3.05) is 89.2 Å². The van der Waals surface area contributed by atoms with Gasteiger partial charge in [-0.25, -0.2) is 0 Å². The summed E-state index contributed by atoms with van der Waals surface area (Å²) in [5, 5.41) is 5.89. The van der Waals surface area contributed by atoms with E-state index in [9.17, 15) is 9.59 Å². The molecule has 1 heterocycles. The van der Waals surface area contributed by atoms with Crippen molar-refractivity contribution in [1.29, 1.82) is 0 Å². The van der Waals surface area contributed by atoms with Crippen LogP contribution in [0.25, 0.3) is 0 Å². The highest BCUT2D eigenvalue weighted by atomic mass is 16.2. The second kappa shape index (κ2) is 16.7. The van der Waals surface area contributed by atoms with Crippen LogP contribution >= 0.6 is 0 Å². The fourth-order valence-electron chi connectivity index (χ4n) is 4.31. The molecule has 1 unspecified atom stereocenters. The summed E-state index contributed by atoms with van der Waals surface area (Å²) in [5.74, 6) is -0.0666. The van der Waals surface area contributed by atoms with E-state index in [1.807, 2.05) is 31.2 Å². The van der Waals surface area contributed by atoms with E-state index in [0.29, 0.717) is 25.1 Å². The van der Waals surface area contributed by atoms with Crippen molar-refractivity contribution in [3.8, 4) is 0 Å². The van der Waals surface area contributed by atoms with Crippen LogP contribution in [0.2, 0.25) is 0 Å². The third kappa shape index (κ3) is 11.8. The van der Waals surface area contributed by atoms with Crippen LogP contribution in [-0.4, -0.2) is 116 Å². The van der Waals surface area contributed by atoms with Gasteiger partial charge in [0.25, 0.3) is 0 Å².